The smallest absolute Gasteiger partial charge is 0.254 e. The minimum Gasteiger partial charge on any atom is -0.395 e. The number of carbonyl (C=O) groups excluding carboxylic acids is 2. The van der Waals surface area contributed by atoms with Crippen molar-refractivity contribution in [2.75, 3.05) is 19.7 Å². The summed E-state index contributed by atoms with van der Waals surface area (Å²) < 4.78 is 13.6. The summed E-state index contributed by atoms with van der Waals surface area (Å²) in [6.45, 7) is 1.80. The van der Waals surface area contributed by atoms with Crippen LogP contribution < -0.4 is 10.6 Å². The summed E-state index contributed by atoms with van der Waals surface area (Å²) in [5.41, 5.74) is 0.394. The number of aliphatic hydroxyl groups is 1. The molecule has 0 aromatic heterocycles. The molecule has 0 aliphatic rings. The fourth-order valence-electron chi connectivity index (χ4n) is 1.51. The van der Waals surface area contributed by atoms with Crippen molar-refractivity contribution in [3.63, 3.8) is 0 Å². The van der Waals surface area contributed by atoms with E-state index in [1.807, 2.05) is 0 Å². The summed E-state index contributed by atoms with van der Waals surface area (Å²) in [7, 11) is 0. The van der Waals surface area contributed by atoms with E-state index in [-0.39, 0.29) is 31.2 Å². The molecule has 1 aromatic carbocycles. The average molecular weight is 292 g/mol. The van der Waals surface area contributed by atoms with Crippen molar-refractivity contribution in [2.24, 2.45) is 0 Å². The fourth-order valence-corrected chi connectivity index (χ4v) is 1.51. The number of aliphatic hydroxyl groups excluding tert-OH is 1. The van der Waals surface area contributed by atoms with Crippen molar-refractivity contribution in [3.05, 3.63) is 35.1 Å². The predicted octanol–water partition coefficient (Wildman–Crippen LogP) is 0.425. The Labute approximate surface area is 122 Å². The quantitative estimate of drug-likeness (QED) is 0.544. The van der Waals surface area contributed by atoms with Crippen LogP contribution in [0.4, 0.5) is 4.39 Å². The van der Waals surface area contributed by atoms with Gasteiger partial charge in [-0.05, 0) is 18.2 Å². The van der Waals surface area contributed by atoms with Gasteiger partial charge in [0.2, 0.25) is 5.91 Å². The van der Waals surface area contributed by atoms with Gasteiger partial charge in [-0.2, -0.15) is 0 Å². The molecular weight excluding hydrogens is 275 g/mol. The Morgan fingerprint density at radius 3 is 2.67 bits per heavy atom. The molecule has 0 bridgehead atoms. The van der Waals surface area contributed by atoms with Crippen LogP contribution in [0.15, 0.2) is 18.2 Å². The molecule has 0 spiro atoms. The van der Waals surface area contributed by atoms with Crippen LogP contribution in [0.1, 0.15) is 29.3 Å². The number of benzene rings is 1. The molecule has 0 aliphatic heterocycles. The van der Waals surface area contributed by atoms with E-state index in [1.54, 1.807) is 0 Å². The van der Waals surface area contributed by atoms with Gasteiger partial charge in [-0.25, -0.2) is 4.39 Å². The molecule has 2 amide bonds. The molecule has 1 rings (SSSR count). The summed E-state index contributed by atoms with van der Waals surface area (Å²) in [5, 5.41) is 13.7. The minimum absolute atomic E-state index is 0.0509. The highest BCUT2D eigenvalue weighted by Gasteiger charge is 2.11. The Kier molecular flexibility index (Phi) is 6.92. The van der Waals surface area contributed by atoms with Crippen molar-refractivity contribution in [1.82, 2.24) is 10.6 Å². The monoisotopic (exact) mass is 292 g/mol. The lowest BCUT2D eigenvalue weighted by Crippen LogP contribution is -2.34. The number of amides is 2. The molecule has 1 aromatic rings. The maximum absolute atomic E-state index is 13.6. The summed E-state index contributed by atoms with van der Waals surface area (Å²) in [6.07, 6.45) is 0.315. The van der Waals surface area contributed by atoms with Crippen molar-refractivity contribution in [3.8, 4) is 11.8 Å². The van der Waals surface area contributed by atoms with Crippen LogP contribution in [-0.2, 0) is 4.79 Å². The van der Waals surface area contributed by atoms with E-state index >= 15 is 0 Å². The van der Waals surface area contributed by atoms with Crippen LogP contribution in [-0.4, -0.2) is 36.6 Å². The van der Waals surface area contributed by atoms with Crippen LogP contribution >= 0.6 is 0 Å². The molecule has 0 saturated carbocycles. The Morgan fingerprint density at radius 2 is 2.00 bits per heavy atom. The molecule has 0 saturated heterocycles. The van der Waals surface area contributed by atoms with Gasteiger partial charge in [-0.15, -0.1) is 0 Å². The highest BCUT2D eigenvalue weighted by Crippen LogP contribution is 2.10. The van der Waals surface area contributed by atoms with Crippen molar-refractivity contribution >= 4 is 11.8 Å². The van der Waals surface area contributed by atoms with E-state index in [0.717, 1.165) is 0 Å². The second kappa shape index (κ2) is 8.72. The molecule has 0 heterocycles. The first kappa shape index (κ1) is 16.7. The number of halogens is 1. The number of hydrogen-bond acceptors (Lipinski definition) is 3. The maximum atomic E-state index is 13.6. The molecule has 0 aliphatic carbocycles. The first-order valence-corrected chi connectivity index (χ1v) is 6.46. The molecule has 0 radical (unpaired) electrons. The maximum Gasteiger partial charge on any atom is 0.254 e. The Hall–Kier alpha value is -2.39. The Morgan fingerprint density at radius 1 is 1.29 bits per heavy atom. The number of rotatable bonds is 5. The number of hydrogen-bond donors (Lipinski definition) is 3. The first-order chi connectivity index (χ1) is 10.0. The van der Waals surface area contributed by atoms with E-state index in [1.165, 1.54) is 25.1 Å². The molecule has 112 valence electrons. The second-order valence-electron chi connectivity index (χ2n) is 4.21. The minimum atomic E-state index is -0.639. The summed E-state index contributed by atoms with van der Waals surface area (Å²) in [4.78, 5) is 22.5. The van der Waals surface area contributed by atoms with Gasteiger partial charge in [-0.1, -0.05) is 11.8 Å². The normalized spacial score (nSPS) is 9.48. The average Bonchev–Trinajstić information content (AvgIpc) is 2.45. The van der Waals surface area contributed by atoms with Crippen molar-refractivity contribution in [1.29, 1.82) is 0 Å². The van der Waals surface area contributed by atoms with Gasteiger partial charge >= 0.3 is 0 Å². The third-order valence-electron chi connectivity index (χ3n) is 2.47. The lowest BCUT2D eigenvalue weighted by molar-refractivity contribution is -0.118. The number of nitrogens with one attached hydrogen (secondary N) is 2. The molecular formula is C15H17FN2O3. The zero-order valence-electron chi connectivity index (χ0n) is 11.7. The van der Waals surface area contributed by atoms with Gasteiger partial charge in [0, 0.05) is 32.0 Å². The lowest BCUT2D eigenvalue weighted by atomic mass is 10.1. The Balaban J connectivity index is 2.68. The number of carbonyl (C=O) groups is 2. The highest BCUT2D eigenvalue weighted by atomic mass is 19.1. The van der Waals surface area contributed by atoms with Crippen molar-refractivity contribution < 1.29 is 19.1 Å². The van der Waals surface area contributed by atoms with E-state index in [4.69, 9.17) is 5.11 Å². The van der Waals surface area contributed by atoms with Crippen LogP contribution in [0, 0.1) is 17.7 Å². The van der Waals surface area contributed by atoms with Crippen LogP contribution in [0.25, 0.3) is 0 Å². The van der Waals surface area contributed by atoms with E-state index in [2.05, 4.69) is 22.5 Å². The van der Waals surface area contributed by atoms with Crippen LogP contribution in [0.5, 0.6) is 0 Å². The van der Waals surface area contributed by atoms with Crippen LogP contribution in [0.2, 0.25) is 0 Å². The van der Waals surface area contributed by atoms with E-state index in [0.29, 0.717) is 12.0 Å². The zero-order valence-corrected chi connectivity index (χ0v) is 11.7. The molecule has 3 N–H and O–H groups in total. The fraction of sp³-hybridized carbons (Fsp3) is 0.333. The van der Waals surface area contributed by atoms with E-state index in [9.17, 15) is 14.0 Å². The van der Waals surface area contributed by atoms with Gasteiger partial charge in [0.05, 0.1) is 12.2 Å². The van der Waals surface area contributed by atoms with E-state index < -0.39 is 11.7 Å². The second-order valence-corrected chi connectivity index (χ2v) is 4.21. The topological polar surface area (TPSA) is 78.4 Å². The SMILES string of the molecule is CC(=O)NCCNC(=O)c1cc(C#CCCO)ccc1F. The lowest BCUT2D eigenvalue weighted by Gasteiger charge is -2.07. The van der Waals surface area contributed by atoms with Gasteiger partial charge in [-0.3, -0.25) is 9.59 Å². The standard InChI is InChI=1S/C15H17FN2O3/c1-11(20)17-7-8-18-15(21)13-10-12(4-2-3-9-19)5-6-14(13)16/h5-6,10,19H,3,7-9H2,1H3,(H,17,20)(H,18,21). The molecule has 0 unspecified atom stereocenters. The largest absolute Gasteiger partial charge is 0.395 e. The Bertz CT molecular complexity index is 576. The first-order valence-electron chi connectivity index (χ1n) is 6.46. The molecule has 6 heteroatoms. The highest BCUT2D eigenvalue weighted by molar-refractivity contribution is 5.94. The third kappa shape index (κ3) is 6.06. The summed E-state index contributed by atoms with van der Waals surface area (Å²) in [5.74, 6) is 4.03. The zero-order chi connectivity index (χ0) is 15.7. The third-order valence-corrected chi connectivity index (χ3v) is 2.47. The van der Waals surface area contributed by atoms with Crippen LogP contribution in [0.3, 0.4) is 0 Å². The van der Waals surface area contributed by atoms with Gasteiger partial charge in [0.25, 0.3) is 5.91 Å². The summed E-state index contributed by atoms with van der Waals surface area (Å²) >= 11 is 0. The van der Waals surface area contributed by atoms with Gasteiger partial charge < -0.3 is 15.7 Å². The molecule has 21 heavy (non-hydrogen) atoms. The van der Waals surface area contributed by atoms with Crippen molar-refractivity contribution in [2.45, 2.75) is 13.3 Å². The van der Waals surface area contributed by atoms with Gasteiger partial charge in [0.1, 0.15) is 5.82 Å². The summed E-state index contributed by atoms with van der Waals surface area (Å²) in [6, 6.07) is 3.99. The molecule has 0 fully saturated rings. The van der Waals surface area contributed by atoms with Gasteiger partial charge in [0.15, 0.2) is 0 Å². The molecule has 0 atom stereocenters. The predicted molar refractivity (Wildman–Crippen MR) is 76.0 cm³/mol. The molecule has 5 nitrogen and oxygen atoms in total.